The second-order valence-electron chi connectivity index (χ2n) is 9.68. The van der Waals surface area contributed by atoms with Crippen LogP contribution in [-0.4, -0.2) is 55.0 Å². The van der Waals surface area contributed by atoms with Gasteiger partial charge in [-0.05, 0) is 36.8 Å². The van der Waals surface area contributed by atoms with Crippen molar-refractivity contribution < 1.29 is 76.9 Å². The van der Waals surface area contributed by atoms with Gasteiger partial charge < -0.3 is 21.1 Å². The number of benzene rings is 2. The van der Waals surface area contributed by atoms with Crippen molar-refractivity contribution in [1.29, 1.82) is 0 Å². The molecular formula is C29H24F5N6NaO5. The first-order valence-corrected chi connectivity index (χ1v) is 13.4. The predicted molar refractivity (Wildman–Crippen MR) is 147 cm³/mol. The average Bonchev–Trinajstić information content (AvgIpc) is 3.64. The fourth-order valence-electron chi connectivity index (χ4n) is 4.38. The van der Waals surface area contributed by atoms with Crippen molar-refractivity contribution in [2.75, 3.05) is 13.2 Å². The van der Waals surface area contributed by atoms with E-state index >= 15 is 0 Å². The Morgan fingerprint density at radius 1 is 1.09 bits per heavy atom. The third-order valence-corrected chi connectivity index (χ3v) is 6.47. The molecular weight excluding hydrogens is 630 g/mol. The molecule has 17 heteroatoms. The van der Waals surface area contributed by atoms with Crippen LogP contribution in [0.2, 0.25) is 0 Å². The van der Waals surface area contributed by atoms with Crippen LogP contribution in [-0.2, 0) is 15.8 Å². The maximum Gasteiger partial charge on any atom is 1.00 e. The molecule has 0 fully saturated rings. The van der Waals surface area contributed by atoms with E-state index in [9.17, 15) is 31.5 Å². The number of amides is 1. The summed E-state index contributed by atoms with van der Waals surface area (Å²) in [5.74, 6) is -4.68. The molecule has 1 unspecified atom stereocenters. The molecule has 1 atom stereocenters. The van der Waals surface area contributed by atoms with Crippen molar-refractivity contribution in [2.24, 2.45) is 0 Å². The van der Waals surface area contributed by atoms with E-state index in [0.29, 0.717) is 6.42 Å². The standard InChI is InChI=1S/C29H23F5N6O5.Na.H/c1-2-10-44-15-6-7-16(18(11-15)29(32,33)34)20-12-23(45-39-20)26(28(43)35-9-8-24(41)42)40-14-22-21(13-36-40)37-27(38-22)17-4-3-5-19(30)25(17)31;;/h3-7,11-14,26H,2,8-10H2,1H3,(H,35,43)(H,41,42);;/q;+1;-1. The minimum Gasteiger partial charge on any atom is -1.00 e. The number of nitrogens with one attached hydrogen (secondary N) is 1. The molecule has 2 N–H and O–H groups in total. The molecule has 0 radical (unpaired) electrons. The van der Waals surface area contributed by atoms with Gasteiger partial charge in [0.25, 0.3) is 5.91 Å². The van der Waals surface area contributed by atoms with Gasteiger partial charge in [0.05, 0.1) is 36.5 Å². The number of alkyl halides is 3. The van der Waals surface area contributed by atoms with E-state index in [1.165, 1.54) is 36.7 Å². The first-order chi connectivity index (χ1) is 21.5. The number of hydrogen-bond acceptors (Lipinski definition) is 8. The molecule has 46 heavy (non-hydrogen) atoms. The van der Waals surface area contributed by atoms with Crippen molar-refractivity contribution in [3.05, 3.63) is 77.8 Å². The first kappa shape index (κ1) is 34.5. The molecule has 0 aliphatic carbocycles. The topological polar surface area (TPSA) is 145 Å². The largest absolute Gasteiger partial charge is 1.00 e. The smallest absolute Gasteiger partial charge is 1.00 e. The van der Waals surface area contributed by atoms with E-state index < -0.39 is 47.7 Å². The van der Waals surface area contributed by atoms with Gasteiger partial charge >= 0.3 is 41.7 Å². The fraction of sp³-hybridized carbons (Fsp3) is 0.241. The Morgan fingerprint density at radius 2 is 1.85 bits per heavy atom. The van der Waals surface area contributed by atoms with Gasteiger partial charge in [-0.15, -0.1) is 0 Å². The number of carboxylic acid groups (broad SMARTS) is 1. The Hall–Kier alpha value is -4.41. The quantitative estimate of drug-likeness (QED) is 0.162. The Morgan fingerprint density at radius 3 is 2.57 bits per heavy atom. The third kappa shape index (κ3) is 7.51. The van der Waals surface area contributed by atoms with Crippen molar-refractivity contribution in [3.63, 3.8) is 0 Å². The SMILES string of the molecule is CCCOc1ccc(-c2cc(C(C(=O)NCCC(=O)O)n3cc4nc(-c5cccc(F)c5F)nc-4cn3)on2)c(C(F)(F)F)c1.[H-].[Na+]. The number of carbonyl (C=O) groups is 2. The van der Waals surface area contributed by atoms with Crippen LogP contribution < -0.4 is 39.6 Å². The number of fused-ring (bicyclic) bond motifs is 1. The van der Waals surface area contributed by atoms with Gasteiger partial charge in [0.15, 0.2) is 29.3 Å². The van der Waals surface area contributed by atoms with Gasteiger partial charge in [0, 0.05) is 18.2 Å². The number of ether oxygens (including phenoxy) is 1. The zero-order valence-corrected chi connectivity index (χ0v) is 26.3. The summed E-state index contributed by atoms with van der Waals surface area (Å²) >= 11 is 0. The number of halogens is 5. The van der Waals surface area contributed by atoms with Crippen LogP contribution in [0.5, 0.6) is 5.75 Å². The van der Waals surface area contributed by atoms with Crippen LogP contribution in [0.4, 0.5) is 22.0 Å². The van der Waals surface area contributed by atoms with E-state index in [0.717, 1.165) is 22.9 Å². The number of carboxylic acids is 1. The number of aliphatic carboxylic acids is 1. The van der Waals surface area contributed by atoms with Crippen LogP contribution in [0.15, 0.2) is 59.4 Å². The number of aromatic nitrogens is 5. The predicted octanol–water partition coefficient (Wildman–Crippen LogP) is 2.48. The number of rotatable bonds is 11. The zero-order valence-electron chi connectivity index (χ0n) is 25.3. The van der Waals surface area contributed by atoms with Crippen LogP contribution >= 0.6 is 0 Å². The third-order valence-electron chi connectivity index (χ3n) is 6.47. The summed E-state index contributed by atoms with van der Waals surface area (Å²) in [6, 6.07) is 6.47. The molecule has 0 spiro atoms. The summed E-state index contributed by atoms with van der Waals surface area (Å²) in [4.78, 5) is 32.7. The number of imidazole rings is 1. The van der Waals surface area contributed by atoms with E-state index in [4.69, 9.17) is 14.4 Å². The van der Waals surface area contributed by atoms with E-state index in [-0.39, 0.29) is 89.7 Å². The molecule has 0 bridgehead atoms. The van der Waals surface area contributed by atoms with Crippen molar-refractivity contribution >= 4 is 11.9 Å². The Labute approximate surface area is 280 Å². The van der Waals surface area contributed by atoms with Gasteiger partial charge in [-0.2, -0.15) is 18.3 Å². The Kier molecular flexibility index (Phi) is 10.7. The minimum atomic E-state index is -4.79. The monoisotopic (exact) mass is 654 g/mol. The van der Waals surface area contributed by atoms with Crippen LogP contribution in [0.1, 0.15) is 38.6 Å². The van der Waals surface area contributed by atoms with E-state index in [1.54, 1.807) is 0 Å². The van der Waals surface area contributed by atoms with Crippen molar-refractivity contribution in [3.8, 4) is 39.8 Å². The molecule has 3 heterocycles. The maximum atomic E-state index is 14.4. The zero-order chi connectivity index (χ0) is 32.3. The van der Waals surface area contributed by atoms with Gasteiger partial charge in [-0.3, -0.25) is 14.3 Å². The molecule has 2 aromatic carbocycles. The molecule has 11 nitrogen and oxygen atoms in total. The molecule has 2 aliphatic heterocycles. The number of nitrogens with zero attached hydrogens (tertiary/aromatic N) is 5. The van der Waals surface area contributed by atoms with E-state index in [1.807, 2.05) is 6.92 Å². The van der Waals surface area contributed by atoms with Gasteiger partial charge in [0.1, 0.15) is 22.8 Å². The van der Waals surface area contributed by atoms with Gasteiger partial charge in [-0.25, -0.2) is 18.7 Å². The van der Waals surface area contributed by atoms with Gasteiger partial charge in [-0.1, -0.05) is 18.1 Å². The van der Waals surface area contributed by atoms with E-state index in [2.05, 4.69) is 25.5 Å². The molecule has 1 aromatic heterocycles. The molecule has 0 saturated carbocycles. The fourth-order valence-corrected chi connectivity index (χ4v) is 4.38. The molecule has 0 saturated heterocycles. The molecule has 3 aromatic rings. The summed E-state index contributed by atoms with van der Waals surface area (Å²) in [5.41, 5.74) is -1.59. The summed E-state index contributed by atoms with van der Waals surface area (Å²) < 4.78 is 82.0. The second kappa shape index (κ2) is 14.3. The Bertz CT molecular complexity index is 1840. The minimum absolute atomic E-state index is 0. The maximum absolute atomic E-state index is 14.4. The average molecular weight is 655 g/mol. The van der Waals surface area contributed by atoms with Crippen LogP contribution in [0.25, 0.3) is 34.0 Å². The summed E-state index contributed by atoms with van der Waals surface area (Å²) in [5, 5.41) is 19.3. The van der Waals surface area contributed by atoms with Crippen molar-refractivity contribution in [1.82, 2.24) is 30.2 Å². The van der Waals surface area contributed by atoms with Gasteiger partial charge in [0.2, 0.25) is 0 Å². The summed E-state index contributed by atoms with van der Waals surface area (Å²) in [7, 11) is 0. The molecule has 236 valence electrons. The number of hydrogen-bond donors (Lipinski definition) is 2. The molecule has 2 aliphatic rings. The summed E-state index contributed by atoms with van der Waals surface area (Å²) in [6.07, 6.45) is -2.19. The van der Waals surface area contributed by atoms with Crippen LogP contribution in [0, 0.1) is 11.6 Å². The Balaban J connectivity index is 0.00000300. The second-order valence-corrected chi connectivity index (χ2v) is 9.68. The normalized spacial score (nSPS) is 12.0. The first-order valence-electron chi connectivity index (χ1n) is 13.4. The van der Waals surface area contributed by atoms with Crippen molar-refractivity contribution in [2.45, 2.75) is 32.0 Å². The molecule has 1 amide bonds. The molecule has 5 rings (SSSR count). The van der Waals surface area contributed by atoms with Crippen LogP contribution in [0.3, 0.4) is 0 Å². The number of carbonyl (C=O) groups excluding carboxylic acids is 1. The summed E-state index contributed by atoms with van der Waals surface area (Å²) in [6.45, 7) is 1.73.